The number of rotatable bonds is 4. The number of amides is 2. The highest BCUT2D eigenvalue weighted by atomic mass is 79.9. The lowest BCUT2D eigenvalue weighted by Gasteiger charge is -2.03. The minimum atomic E-state index is -0.539. The molecule has 22 heavy (non-hydrogen) atoms. The normalized spacial score (nSPS) is 10.6. The molecule has 0 heterocycles. The first-order chi connectivity index (χ1) is 10.5. The minimum Gasteiger partial charge on any atom is -0.366 e. The lowest BCUT2D eigenvalue weighted by molar-refractivity contribution is -0.111. The minimum absolute atomic E-state index is 0.300. The van der Waals surface area contributed by atoms with E-state index < -0.39 is 17.6 Å². The van der Waals surface area contributed by atoms with Gasteiger partial charge in [-0.05, 0) is 48.5 Å². The van der Waals surface area contributed by atoms with Gasteiger partial charge in [-0.1, -0.05) is 15.9 Å². The van der Waals surface area contributed by atoms with Gasteiger partial charge in [0, 0.05) is 27.4 Å². The summed E-state index contributed by atoms with van der Waals surface area (Å²) in [4.78, 5) is 22.7. The standard InChI is InChI=1S/C16H12BrFN2O2/c17-12-4-7-14(18)11(9-12)3-8-15(21)20-13-5-1-10(2-6-13)16(19)22/h1-9H,(H2,19,22)(H,20,21). The predicted molar refractivity (Wildman–Crippen MR) is 86.7 cm³/mol. The van der Waals surface area contributed by atoms with Gasteiger partial charge in [0.15, 0.2) is 0 Å². The number of carbonyl (C=O) groups excluding carboxylic acids is 2. The molecule has 0 aliphatic carbocycles. The third-order valence-corrected chi connectivity index (χ3v) is 3.30. The summed E-state index contributed by atoms with van der Waals surface area (Å²) in [5.74, 6) is -1.37. The maximum absolute atomic E-state index is 13.5. The molecule has 0 aliphatic rings. The number of carbonyl (C=O) groups is 2. The molecule has 0 radical (unpaired) electrons. The molecule has 112 valence electrons. The summed E-state index contributed by atoms with van der Waals surface area (Å²) in [6.07, 6.45) is 2.61. The molecule has 0 aromatic heterocycles. The number of benzene rings is 2. The van der Waals surface area contributed by atoms with Gasteiger partial charge in [-0.15, -0.1) is 0 Å². The summed E-state index contributed by atoms with van der Waals surface area (Å²) in [5.41, 5.74) is 6.29. The van der Waals surface area contributed by atoms with Gasteiger partial charge in [0.25, 0.3) is 0 Å². The van der Waals surface area contributed by atoms with E-state index in [0.717, 1.165) is 4.47 Å². The number of primary amides is 1. The van der Waals surface area contributed by atoms with Crippen LogP contribution in [0.1, 0.15) is 15.9 Å². The predicted octanol–water partition coefficient (Wildman–Crippen LogP) is 3.34. The van der Waals surface area contributed by atoms with Crippen molar-refractivity contribution in [3.8, 4) is 0 Å². The van der Waals surface area contributed by atoms with Gasteiger partial charge in [-0.25, -0.2) is 4.39 Å². The molecule has 2 aromatic rings. The SMILES string of the molecule is NC(=O)c1ccc(NC(=O)C=Cc2cc(Br)ccc2F)cc1. The Bertz CT molecular complexity index is 742. The van der Waals surface area contributed by atoms with Gasteiger partial charge >= 0.3 is 0 Å². The van der Waals surface area contributed by atoms with Crippen LogP contribution in [-0.4, -0.2) is 11.8 Å². The molecule has 3 N–H and O–H groups in total. The number of halogens is 2. The van der Waals surface area contributed by atoms with E-state index in [1.54, 1.807) is 24.3 Å². The van der Waals surface area contributed by atoms with Crippen LogP contribution in [-0.2, 0) is 4.79 Å². The number of hydrogen-bond acceptors (Lipinski definition) is 2. The second kappa shape index (κ2) is 7.00. The van der Waals surface area contributed by atoms with Crippen LogP contribution < -0.4 is 11.1 Å². The molecular weight excluding hydrogens is 351 g/mol. The Balaban J connectivity index is 2.04. The quantitative estimate of drug-likeness (QED) is 0.818. The van der Waals surface area contributed by atoms with Crippen molar-refractivity contribution < 1.29 is 14.0 Å². The molecule has 2 rings (SSSR count). The summed E-state index contributed by atoms with van der Waals surface area (Å²) >= 11 is 3.24. The van der Waals surface area contributed by atoms with E-state index in [1.165, 1.54) is 30.4 Å². The van der Waals surface area contributed by atoms with Gasteiger partial charge < -0.3 is 11.1 Å². The average Bonchev–Trinajstić information content (AvgIpc) is 2.49. The van der Waals surface area contributed by atoms with E-state index in [1.807, 2.05) is 0 Å². The highest BCUT2D eigenvalue weighted by molar-refractivity contribution is 9.10. The molecular formula is C16H12BrFN2O2. The van der Waals surface area contributed by atoms with E-state index in [2.05, 4.69) is 21.2 Å². The molecule has 0 aliphatic heterocycles. The van der Waals surface area contributed by atoms with Gasteiger partial charge in [-0.3, -0.25) is 9.59 Å². The zero-order valence-corrected chi connectivity index (χ0v) is 12.9. The van der Waals surface area contributed by atoms with Gasteiger partial charge in [0.2, 0.25) is 11.8 Å². The number of hydrogen-bond donors (Lipinski definition) is 2. The molecule has 0 saturated carbocycles. The molecule has 0 bridgehead atoms. The molecule has 2 amide bonds. The lowest BCUT2D eigenvalue weighted by Crippen LogP contribution is -2.11. The van der Waals surface area contributed by atoms with Crippen LogP contribution in [0, 0.1) is 5.82 Å². The third kappa shape index (κ3) is 4.26. The van der Waals surface area contributed by atoms with E-state index in [0.29, 0.717) is 16.8 Å². The first-order valence-corrected chi connectivity index (χ1v) is 7.09. The van der Waals surface area contributed by atoms with Crippen molar-refractivity contribution in [3.05, 3.63) is 70.0 Å². The Morgan fingerprint density at radius 3 is 2.45 bits per heavy atom. The Hall–Kier alpha value is -2.47. The summed E-state index contributed by atoms with van der Waals surface area (Å²) in [6, 6.07) is 10.6. The number of anilines is 1. The fraction of sp³-hybridized carbons (Fsp3) is 0. The van der Waals surface area contributed by atoms with Gasteiger partial charge in [0.05, 0.1) is 0 Å². The molecule has 2 aromatic carbocycles. The van der Waals surface area contributed by atoms with Crippen molar-refractivity contribution in [2.45, 2.75) is 0 Å². The van der Waals surface area contributed by atoms with E-state index in [4.69, 9.17) is 5.73 Å². The maximum Gasteiger partial charge on any atom is 0.248 e. The van der Waals surface area contributed by atoms with Crippen LogP contribution in [0.15, 0.2) is 53.0 Å². The van der Waals surface area contributed by atoms with Crippen molar-refractivity contribution in [3.63, 3.8) is 0 Å². The first-order valence-electron chi connectivity index (χ1n) is 6.29. The highest BCUT2D eigenvalue weighted by Gasteiger charge is 2.03. The van der Waals surface area contributed by atoms with E-state index in [-0.39, 0.29) is 0 Å². The second-order valence-electron chi connectivity index (χ2n) is 4.43. The van der Waals surface area contributed by atoms with Gasteiger partial charge in [-0.2, -0.15) is 0 Å². The molecule has 0 saturated heterocycles. The maximum atomic E-state index is 13.5. The van der Waals surface area contributed by atoms with Crippen molar-refractivity contribution in [1.82, 2.24) is 0 Å². The lowest BCUT2D eigenvalue weighted by atomic mass is 10.2. The van der Waals surface area contributed by atoms with Crippen LogP contribution in [0.4, 0.5) is 10.1 Å². The monoisotopic (exact) mass is 362 g/mol. The average molecular weight is 363 g/mol. The van der Waals surface area contributed by atoms with Crippen LogP contribution in [0.2, 0.25) is 0 Å². The topological polar surface area (TPSA) is 72.2 Å². The highest BCUT2D eigenvalue weighted by Crippen LogP contribution is 2.17. The summed E-state index contributed by atoms with van der Waals surface area (Å²) in [5, 5.41) is 2.60. The van der Waals surface area contributed by atoms with Gasteiger partial charge in [0.1, 0.15) is 5.82 Å². The third-order valence-electron chi connectivity index (χ3n) is 2.81. The Labute approximate surface area is 135 Å². The molecule has 0 fully saturated rings. The second-order valence-corrected chi connectivity index (χ2v) is 5.35. The Morgan fingerprint density at radius 1 is 1.14 bits per heavy atom. The summed E-state index contributed by atoms with van der Waals surface area (Å²) in [7, 11) is 0. The van der Waals surface area contributed by atoms with Crippen molar-refractivity contribution in [2.75, 3.05) is 5.32 Å². The van der Waals surface area contributed by atoms with Crippen LogP contribution >= 0.6 is 15.9 Å². The summed E-state index contributed by atoms with van der Waals surface area (Å²) in [6.45, 7) is 0. The first kappa shape index (κ1) is 15.9. The molecule has 4 nitrogen and oxygen atoms in total. The molecule has 0 spiro atoms. The number of nitrogens with one attached hydrogen (secondary N) is 1. The molecule has 0 atom stereocenters. The smallest absolute Gasteiger partial charge is 0.248 e. The van der Waals surface area contributed by atoms with Crippen molar-refractivity contribution in [1.29, 1.82) is 0 Å². The van der Waals surface area contributed by atoms with Crippen LogP contribution in [0.25, 0.3) is 6.08 Å². The van der Waals surface area contributed by atoms with Crippen molar-refractivity contribution in [2.24, 2.45) is 5.73 Å². The summed E-state index contributed by atoms with van der Waals surface area (Å²) < 4.78 is 14.2. The zero-order valence-electron chi connectivity index (χ0n) is 11.3. The van der Waals surface area contributed by atoms with Crippen LogP contribution in [0.5, 0.6) is 0 Å². The molecule has 6 heteroatoms. The largest absolute Gasteiger partial charge is 0.366 e. The van der Waals surface area contributed by atoms with E-state index in [9.17, 15) is 14.0 Å². The fourth-order valence-corrected chi connectivity index (χ4v) is 2.09. The van der Waals surface area contributed by atoms with E-state index >= 15 is 0 Å². The van der Waals surface area contributed by atoms with Crippen LogP contribution in [0.3, 0.4) is 0 Å². The molecule has 0 unspecified atom stereocenters. The fourth-order valence-electron chi connectivity index (χ4n) is 1.71. The Kier molecular flexibility index (Phi) is 5.06. The van der Waals surface area contributed by atoms with Crippen molar-refractivity contribution >= 4 is 39.5 Å². The number of nitrogens with two attached hydrogens (primary N) is 1. The Morgan fingerprint density at radius 2 is 1.82 bits per heavy atom. The zero-order chi connectivity index (χ0) is 16.1.